The average molecular weight is 228 g/mol. The van der Waals surface area contributed by atoms with Crippen LogP contribution in [0, 0.1) is 0 Å². The molecule has 0 aliphatic heterocycles. The van der Waals surface area contributed by atoms with Gasteiger partial charge >= 0.3 is 0 Å². The van der Waals surface area contributed by atoms with Crippen molar-refractivity contribution in [1.29, 1.82) is 0 Å². The molecule has 0 spiro atoms. The van der Waals surface area contributed by atoms with Crippen LogP contribution in [0.1, 0.15) is 23.0 Å². The minimum absolute atomic E-state index is 0.0481. The van der Waals surface area contributed by atoms with E-state index in [1.807, 2.05) is 18.2 Å². The Bertz CT molecular complexity index is 553. The summed E-state index contributed by atoms with van der Waals surface area (Å²) in [6.07, 6.45) is 1.44. The number of rotatable bonds is 3. The van der Waals surface area contributed by atoms with Crippen LogP contribution in [0.4, 0.5) is 0 Å². The molecule has 1 aromatic carbocycles. The van der Waals surface area contributed by atoms with Gasteiger partial charge in [-0.3, -0.25) is 4.79 Å². The van der Waals surface area contributed by atoms with E-state index in [1.165, 1.54) is 13.1 Å². The highest BCUT2D eigenvalue weighted by Gasteiger charge is 2.04. The topological polar surface area (TPSA) is 68.6 Å². The summed E-state index contributed by atoms with van der Waals surface area (Å²) >= 11 is 0. The number of nitrogens with two attached hydrogens (primary N) is 1. The number of benzene rings is 1. The first kappa shape index (κ1) is 11.1. The van der Waals surface area contributed by atoms with Gasteiger partial charge in [0.1, 0.15) is 11.5 Å². The summed E-state index contributed by atoms with van der Waals surface area (Å²) in [6.45, 7) is 1.54. The summed E-state index contributed by atoms with van der Waals surface area (Å²) < 4.78 is 5.50. The third-order valence-electron chi connectivity index (χ3n) is 2.40. The van der Waals surface area contributed by atoms with Gasteiger partial charge in [-0.15, -0.1) is 0 Å². The van der Waals surface area contributed by atoms with Gasteiger partial charge in [0.05, 0.1) is 6.21 Å². The van der Waals surface area contributed by atoms with Gasteiger partial charge in [-0.2, -0.15) is 5.10 Å². The Kier molecular flexibility index (Phi) is 3.05. The van der Waals surface area contributed by atoms with Gasteiger partial charge in [0.25, 0.3) is 0 Å². The van der Waals surface area contributed by atoms with Crippen LogP contribution in [0.25, 0.3) is 11.3 Å². The number of hydrogen-bond acceptors (Lipinski definition) is 4. The van der Waals surface area contributed by atoms with E-state index in [1.54, 1.807) is 18.2 Å². The Morgan fingerprint density at radius 1 is 1.24 bits per heavy atom. The quantitative estimate of drug-likeness (QED) is 0.379. The van der Waals surface area contributed by atoms with Crippen LogP contribution in [0.3, 0.4) is 0 Å². The Labute approximate surface area is 98.7 Å². The Morgan fingerprint density at radius 3 is 2.53 bits per heavy atom. The van der Waals surface area contributed by atoms with Crippen molar-refractivity contribution >= 4 is 12.0 Å². The standard InChI is InChI=1S/C13H12N2O2/c1-9(16)10-2-4-11(5-3-10)13-7-6-12(17-13)8-15-14/h2-8H,14H2,1H3/b15-8-. The SMILES string of the molecule is CC(=O)c1ccc(-c2ccc(/C=N\N)o2)cc1. The molecule has 1 aromatic heterocycles. The number of nitrogens with zero attached hydrogens (tertiary/aromatic N) is 1. The normalized spacial score (nSPS) is 10.9. The second-order valence-corrected chi connectivity index (χ2v) is 3.61. The van der Waals surface area contributed by atoms with Crippen LogP contribution in [0.2, 0.25) is 0 Å². The lowest BCUT2D eigenvalue weighted by Gasteiger charge is -1.98. The third-order valence-corrected chi connectivity index (χ3v) is 2.40. The summed E-state index contributed by atoms with van der Waals surface area (Å²) in [6, 6.07) is 10.9. The fraction of sp³-hybridized carbons (Fsp3) is 0.0769. The number of hydrazone groups is 1. The molecule has 2 aromatic rings. The summed E-state index contributed by atoms with van der Waals surface area (Å²) in [7, 11) is 0. The third kappa shape index (κ3) is 2.42. The minimum atomic E-state index is 0.0481. The van der Waals surface area contributed by atoms with Crippen molar-refractivity contribution in [3.8, 4) is 11.3 Å². The first-order valence-electron chi connectivity index (χ1n) is 5.15. The fourth-order valence-electron chi connectivity index (χ4n) is 1.52. The number of carbonyl (C=O) groups excluding carboxylic acids is 1. The number of carbonyl (C=O) groups is 1. The lowest BCUT2D eigenvalue weighted by molar-refractivity contribution is 0.101. The van der Waals surface area contributed by atoms with Crippen molar-refractivity contribution in [2.45, 2.75) is 6.92 Å². The summed E-state index contributed by atoms with van der Waals surface area (Å²) in [4.78, 5) is 11.1. The predicted octanol–water partition coefficient (Wildman–Crippen LogP) is 2.44. The molecule has 4 heteroatoms. The molecule has 0 aliphatic carbocycles. The first-order valence-corrected chi connectivity index (χ1v) is 5.15. The maximum atomic E-state index is 11.1. The zero-order chi connectivity index (χ0) is 12.3. The number of Topliss-reactive ketones (excluding diaryl/α,β-unsaturated/α-hetero) is 1. The Hall–Kier alpha value is -2.36. The van der Waals surface area contributed by atoms with Crippen LogP contribution in [0.15, 0.2) is 45.9 Å². The number of hydrogen-bond donors (Lipinski definition) is 1. The van der Waals surface area contributed by atoms with E-state index in [9.17, 15) is 4.79 Å². The van der Waals surface area contributed by atoms with Crippen molar-refractivity contribution in [3.05, 3.63) is 47.7 Å². The van der Waals surface area contributed by atoms with Crippen molar-refractivity contribution < 1.29 is 9.21 Å². The van der Waals surface area contributed by atoms with Gasteiger partial charge in [0, 0.05) is 11.1 Å². The highest BCUT2D eigenvalue weighted by Crippen LogP contribution is 2.22. The molecular weight excluding hydrogens is 216 g/mol. The van der Waals surface area contributed by atoms with Gasteiger partial charge in [-0.25, -0.2) is 0 Å². The molecular formula is C13H12N2O2. The molecule has 0 unspecified atom stereocenters. The molecule has 0 aliphatic rings. The van der Waals surface area contributed by atoms with E-state index >= 15 is 0 Å². The molecule has 2 rings (SSSR count). The van der Waals surface area contributed by atoms with Gasteiger partial charge in [0.2, 0.25) is 0 Å². The molecule has 1 heterocycles. The molecule has 0 bridgehead atoms. The maximum Gasteiger partial charge on any atom is 0.159 e. The van der Waals surface area contributed by atoms with Gasteiger partial charge < -0.3 is 10.3 Å². The van der Waals surface area contributed by atoms with Crippen LogP contribution in [-0.2, 0) is 0 Å². The van der Waals surface area contributed by atoms with Crippen LogP contribution in [-0.4, -0.2) is 12.0 Å². The van der Waals surface area contributed by atoms with Gasteiger partial charge in [0.15, 0.2) is 5.78 Å². The van der Waals surface area contributed by atoms with Crippen LogP contribution < -0.4 is 5.84 Å². The molecule has 0 fully saturated rings. The van der Waals surface area contributed by atoms with E-state index in [-0.39, 0.29) is 5.78 Å². The second-order valence-electron chi connectivity index (χ2n) is 3.61. The lowest BCUT2D eigenvalue weighted by atomic mass is 10.1. The van der Waals surface area contributed by atoms with E-state index in [4.69, 9.17) is 10.3 Å². The molecule has 17 heavy (non-hydrogen) atoms. The van der Waals surface area contributed by atoms with E-state index in [0.717, 1.165) is 11.3 Å². The van der Waals surface area contributed by atoms with E-state index < -0.39 is 0 Å². The summed E-state index contributed by atoms with van der Waals surface area (Å²) in [5.41, 5.74) is 1.59. The molecule has 0 saturated carbocycles. The molecule has 0 atom stereocenters. The lowest BCUT2D eigenvalue weighted by Crippen LogP contribution is -1.90. The average Bonchev–Trinajstić information content (AvgIpc) is 2.78. The van der Waals surface area contributed by atoms with Crippen LogP contribution in [0.5, 0.6) is 0 Å². The highest BCUT2D eigenvalue weighted by molar-refractivity contribution is 5.94. The van der Waals surface area contributed by atoms with Crippen molar-refractivity contribution in [2.24, 2.45) is 10.9 Å². The molecule has 4 nitrogen and oxygen atoms in total. The van der Waals surface area contributed by atoms with Gasteiger partial charge in [-0.1, -0.05) is 24.3 Å². The van der Waals surface area contributed by atoms with Crippen molar-refractivity contribution in [3.63, 3.8) is 0 Å². The highest BCUT2D eigenvalue weighted by atomic mass is 16.3. The molecule has 2 N–H and O–H groups in total. The number of ketones is 1. The monoisotopic (exact) mass is 228 g/mol. The van der Waals surface area contributed by atoms with Crippen molar-refractivity contribution in [2.75, 3.05) is 0 Å². The van der Waals surface area contributed by atoms with E-state index in [2.05, 4.69) is 5.10 Å². The maximum absolute atomic E-state index is 11.1. The summed E-state index contributed by atoms with van der Waals surface area (Å²) in [5, 5.41) is 3.39. The number of furan rings is 1. The van der Waals surface area contributed by atoms with Gasteiger partial charge in [-0.05, 0) is 19.1 Å². The fourth-order valence-corrected chi connectivity index (χ4v) is 1.52. The zero-order valence-corrected chi connectivity index (χ0v) is 9.38. The Morgan fingerprint density at radius 2 is 1.94 bits per heavy atom. The van der Waals surface area contributed by atoms with Crippen LogP contribution >= 0.6 is 0 Å². The predicted molar refractivity (Wildman–Crippen MR) is 65.9 cm³/mol. The van der Waals surface area contributed by atoms with E-state index in [0.29, 0.717) is 11.3 Å². The second kappa shape index (κ2) is 4.65. The minimum Gasteiger partial charge on any atom is -0.455 e. The summed E-state index contributed by atoms with van der Waals surface area (Å²) in [5.74, 6) is 6.39. The largest absolute Gasteiger partial charge is 0.455 e. The zero-order valence-electron chi connectivity index (χ0n) is 9.38. The first-order chi connectivity index (χ1) is 8.20. The molecule has 86 valence electrons. The molecule has 0 amide bonds. The smallest absolute Gasteiger partial charge is 0.159 e. The molecule has 0 saturated heterocycles. The van der Waals surface area contributed by atoms with Crippen molar-refractivity contribution in [1.82, 2.24) is 0 Å². The molecule has 0 radical (unpaired) electrons. The Balaban J connectivity index is 2.29.